The predicted octanol–water partition coefficient (Wildman–Crippen LogP) is 5.86. The number of methoxy groups -OCH3 is 1. The first-order valence-electron chi connectivity index (χ1n) is 9.67. The average molecular weight is 422 g/mol. The van der Waals surface area contributed by atoms with E-state index in [1.54, 1.807) is 11.7 Å². The van der Waals surface area contributed by atoms with Crippen LogP contribution in [0.5, 0.6) is 5.75 Å². The summed E-state index contributed by atoms with van der Waals surface area (Å²) in [6.45, 7) is 5.54. The summed E-state index contributed by atoms with van der Waals surface area (Å²) < 4.78 is 12.8. The molecule has 5 nitrogen and oxygen atoms in total. The molecule has 0 unspecified atom stereocenters. The molecule has 6 heteroatoms. The number of fused-ring (bicyclic) bond motifs is 3. The topological polar surface area (TPSA) is 57.5 Å². The molecule has 2 heterocycles. The number of ether oxygens (including phenoxy) is 2. The molecule has 1 aromatic heterocycles. The molecule has 154 valence electrons. The summed E-state index contributed by atoms with van der Waals surface area (Å²) >= 11 is 1.46. The zero-order valence-electron chi connectivity index (χ0n) is 17.3. The van der Waals surface area contributed by atoms with Crippen molar-refractivity contribution in [2.75, 3.05) is 7.11 Å². The summed E-state index contributed by atoms with van der Waals surface area (Å²) in [6, 6.07) is 15.3. The number of para-hydroxylation sites is 2. The molecular weight excluding hydrogens is 398 g/mol. The monoisotopic (exact) mass is 421 g/mol. The minimum absolute atomic E-state index is 0.295. The number of hydrogen-bond acceptors (Lipinski definition) is 5. The van der Waals surface area contributed by atoms with E-state index in [4.69, 9.17) is 9.47 Å². The van der Waals surface area contributed by atoms with Gasteiger partial charge in [-0.1, -0.05) is 48.2 Å². The Kier molecular flexibility index (Phi) is 5.20. The molecule has 0 fully saturated rings. The lowest BCUT2D eigenvalue weighted by Gasteiger charge is -2.25. The average Bonchev–Trinajstić information content (AvgIpc) is 3.05. The highest BCUT2D eigenvalue weighted by Gasteiger charge is 2.33. The van der Waals surface area contributed by atoms with Crippen molar-refractivity contribution in [2.45, 2.75) is 36.6 Å². The predicted molar refractivity (Wildman–Crippen MR) is 119 cm³/mol. The minimum atomic E-state index is -0.624. The molecule has 0 saturated heterocycles. The lowest BCUT2D eigenvalue weighted by atomic mass is 10.0. The first kappa shape index (κ1) is 20.3. The molecule has 0 N–H and O–H groups in total. The van der Waals surface area contributed by atoms with E-state index in [-0.39, 0.29) is 5.25 Å². The van der Waals surface area contributed by atoms with E-state index in [0.717, 1.165) is 33.3 Å². The maximum absolute atomic E-state index is 13.1. The number of carbonyl (C=O) groups excluding carboxylic acids is 2. The van der Waals surface area contributed by atoms with Crippen LogP contribution in [-0.4, -0.2) is 29.7 Å². The number of nitrogens with zero attached hydrogens (tertiary/aromatic N) is 1. The molecule has 3 aromatic rings. The number of rotatable bonds is 3. The molecule has 4 rings (SSSR count). The van der Waals surface area contributed by atoms with Gasteiger partial charge in [-0.25, -0.2) is 9.36 Å². The summed E-state index contributed by atoms with van der Waals surface area (Å²) in [6.07, 6.45) is 2.32. The normalized spacial score (nSPS) is 16.0. The molecule has 0 spiro atoms. The summed E-state index contributed by atoms with van der Waals surface area (Å²) in [5.41, 5.74) is 2.50. The fourth-order valence-electron chi connectivity index (χ4n) is 3.63. The number of benzene rings is 2. The van der Waals surface area contributed by atoms with Crippen molar-refractivity contribution in [3.63, 3.8) is 0 Å². The molecule has 2 aromatic carbocycles. The molecule has 30 heavy (non-hydrogen) atoms. The Bertz CT molecular complexity index is 1170. The Hall–Kier alpha value is -2.99. The van der Waals surface area contributed by atoms with Crippen LogP contribution >= 0.6 is 11.8 Å². The van der Waals surface area contributed by atoms with E-state index >= 15 is 0 Å². The zero-order chi connectivity index (χ0) is 21.5. The third-order valence-electron chi connectivity index (χ3n) is 4.85. The number of thioether (sulfide) groups is 1. The van der Waals surface area contributed by atoms with Crippen molar-refractivity contribution in [1.29, 1.82) is 0 Å². The van der Waals surface area contributed by atoms with E-state index in [9.17, 15) is 9.59 Å². The maximum Gasteiger partial charge on any atom is 0.419 e. The SMILES string of the molecule is COc1ccccc1[C@H]1Sc2c(c3ccccc3n2C(=O)OC(C)(C)C)C=C1C=O. The smallest absolute Gasteiger partial charge is 0.419 e. The van der Waals surface area contributed by atoms with Gasteiger partial charge in [0, 0.05) is 22.1 Å². The van der Waals surface area contributed by atoms with E-state index in [0.29, 0.717) is 11.3 Å². The van der Waals surface area contributed by atoms with Gasteiger partial charge >= 0.3 is 6.09 Å². The van der Waals surface area contributed by atoms with Gasteiger partial charge in [-0.3, -0.25) is 4.79 Å². The van der Waals surface area contributed by atoms with E-state index < -0.39 is 11.7 Å². The van der Waals surface area contributed by atoms with Crippen molar-refractivity contribution in [3.05, 3.63) is 65.2 Å². The second kappa shape index (κ2) is 7.69. The Balaban J connectivity index is 1.92. The maximum atomic E-state index is 13.1. The Morgan fingerprint density at radius 2 is 1.80 bits per heavy atom. The van der Waals surface area contributed by atoms with Crippen molar-refractivity contribution in [2.24, 2.45) is 0 Å². The van der Waals surface area contributed by atoms with Crippen LogP contribution in [0, 0.1) is 0 Å². The molecule has 0 amide bonds. The van der Waals surface area contributed by atoms with Gasteiger partial charge < -0.3 is 9.47 Å². The molecule has 1 aliphatic heterocycles. The largest absolute Gasteiger partial charge is 0.496 e. The first-order valence-corrected chi connectivity index (χ1v) is 10.5. The van der Waals surface area contributed by atoms with Crippen molar-refractivity contribution < 1.29 is 19.1 Å². The van der Waals surface area contributed by atoms with E-state index in [1.165, 1.54) is 11.8 Å². The van der Waals surface area contributed by atoms with Crippen LogP contribution in [0.25, 0.3) is 17.0 Å². The number of aldehydes is 1. The Labute approximate surface area is 179 Å². The van der Waals surface area contributed by atoms with Crippen molar-refractivity contribution >= 4 is 41.1 Å². The van der Waals surface area contributed by atoms with Gasteiger partial charge in [0.05, 0.1) is 22.9 Å². The minimum Gasteiger partial charge on any atom is -0.496 e. The Morgan fingerprint density at radius 3 is 2.50 bits per heavy atom. The van der Waals surface area contributed by atoms with Crippen LogP contribution in [0.15, 0.2) is 59.1 Å². The van der Waals surface area contributed by atoms with Crippen LogP contribution < -0.4 is 4.74 Å². The highest BCUT2D eigenvalue weighted by Crippen LogP contribution is 2.51. The zero-order valence-corrected chi connectivity index (χ0v) is 18.2. The van der Waals surface area contributed by atoms with Gasteiger partial charge in [0.1, 0.15) is 17.6 Å². The second-order valence-corrected chi connectivity index (χ2v) is 9.15. The fourth-order valence-corrected chi connectivity index (χ4v) is 5.01. The third kappa shape index (κ3) is 3.52. The molecule has 1 atom stereocenters. The van der Waals surface area contributed by atoms with Gasteiger partial charge in [-0.2, -0.15) is 0 Å². The fraction of sp³-hybridized carbons (Fsp3) is 0.250. The van der Waals surface area contributed by atoms with Crippen molar-refractivity contribution in [1.82, 2.24) is 4.57 Å². The molecular formula is C24H23NO4S. The van der Waals surface area contributed by atoms with Gasteiger partial charge in [-0.15, -0.1) is 0 Å². The lowest BCUT2D eigenvalue weighted by molar-refractivity contribution is -0.104. The summed E-state index contributed by atoms with van der Waals surface area (Å²) in [5.74, 6) is 0.700. The first-order chi connectivity index (χ1) is 14.3. The third-order valence-corrected chi connectivity index (χ3v) is 6.23. The van der Waals surface area contributed by atoms with Gasteiger partial charge in [0.15, 0.2) is 0 Å². The Morgan fingerprint density at radius 1 is 1.10 bits per heavy atom. The van der Waals surface area contributed by atoms with Crippen LogP contribution in [0.1, 0.15) is 37.1 Å². The number of aromatic nitrogens is 1. The molecule has 0 radical (unpaired) electrons. The summed E-state index contributed by atoms with van der Waals surface area (Å²) in [5, 5.41) is 1.37. The van der Waals surface area contributed by atoms with Gasteiger partial charge in [0.25, 0.3) is 0 Å². The van der Waals surface area contributed by atoms with Crippen LogP contribution in [0.2, 0.25) is 0 Å². The standard InChI is InChI=1S/C24H23NO4S/c1-24(2,3)29-23(27)25-19-11-7-5-9-16(19)18-13-15(14-26)21(30-22(18)25)17-10-6-8-12-20(17)28-4/h5-14,21H,1-4H3/t21-/m0/s1. The molecule has 0 saturated carbocycles. The summed E-state index contributed by atoms with van der Waals surface area (Å²) in [7, 11) is 1.61. The molecule has 1 aliphatic rings. The number of hydrogen-bond donors (Lipinski definition) is 0. The highest BCUT2D eigenvalue weighted by molar-refractivity contribution is 7.99. The van der Waals surface area contributed by atoms with Gasteiger partial charge in [-0.05, 0) is 39.0 Å². The highest BCUT2D eigenvalue weighted by atomic mass is 32.2. The summed E-state index contributed by atoms with van der Waals surface area (Å²) in [4.78, 5) is 25.1. The quantitative estimate of drug-likeness (QED) is 0.496. The molecule has 0 bridgehead atoms. The van der Waals surface area contributed by atoms with E-state index in [1.807, 2.05) is 75.4 Å². The van der Waals surface area contributed by atoms with Crippen molar-refractivity contribution in [3.8, 4) is 5.75 Å². The second-order valence-electron chi connectivity index (χ2n) is 8.05. The lowest BCUT2D eigenvalue weighted by Crippen LogP contribution is -2.27. The number of carbonyl (C=O) groups is 2. The van der Waals surface area contributed by atoms with Crippen LogP contribution in [0.3, 0.4) is 0 Å². The van der Waals surface area contributed by atoms with Gasteiger partial charge in [0.2, 0.25) is 0 Å². The van der Waals surface area contributed by atoms with Crippen LogP contribution in [-0.2, 0) is 9.53 Å². The molecule has 0 aliphatic carbocycles. The van der Waals surface area contributed by atoms with Crippen LogP contribution in [0.4, 0.5) is 4.79 Å². The van der Waals surface area contributed by atoms with E-state index in [2.05, 4.69) is 0 Å².